The van der Waals surface area contributed by atoms with Crippen molar-refractivity contribution in [2.75, 3.05) is 0 Å². The van der Waals surface area contributed by atoms with Gasteiger partial charge in [0.1, 0.15) is 0 Å². The quantitative estimate of drug-likeness (QED) is 0.611. The van der Waals surface area contributed by atoms with Crippen molar-refractivity contribution in [3.63, 3.8) is 0 Å². The maximum absolute atomic E-state index is 10.8. The average molecular weight is 269 g/mol. The third kappa shape index (κ3) is 2.34. The molecule has 0 fully saturated rings. The molecule has 0 spiro atoms. The number of nitro benzene ring substituents is 1. The molecular formula is C10H9BrN2O2. The van der Waals surface area contributed by atoms with Gasteiger partial charge >= 0.3 is 0 Å². The maximum atomic E-state index is 10.8. The number of nitriles is 1. The van der Waals surface area contributed by atoms with E-state index in [9.17, 15) is 10.1 Å². The van der Waals surface area contributed by atoms with Crippen molar-refractivity contribution in [1.29, 1.82) is 5.26 Å². The Balaban J connectivity index is 3.44. The highest BCUT2D eigenvalue weighted by Gasteiger charge is 2.28. The Kier molecular flexibility index (Phi) is 3.10. The van der Waals surface area contributed by atoms with E-state index in [2.05, 4.69) is 22.0 Å². The first-order valence-corrected chi connectivity index (χ1v) is 5.03. The highest BCUT2D eigenvalue weighted by atomic mass is 79.9. The molecule has 78 valence electrons. The summed E-state index contributed by atoms with van der Waals surface area (Å²) in [6, 6.07) is 6.76. The number of nitrogens with zero attached hydrogens (tertiary/aromatic N) is 2. The summed E-state index contributed by atoms with van der Waals surface area (Å²) in [6.45, 7) is 3.31. The van der Waals surface area contributed by atoms with Crippen LogP contribution < -0.4 is 0 Å². The van der Waals surface area contributed by atoms with Gasteiger partial charge in [0.25, 0.3) is 5.69 Å². The van der Waals surface area contributed by atoms with Crippen LogP contribution in [0.25, 0.3) is 0 Å². The van der Waals surface area contributed by atoms with E-state index in [0.29, 0.717) is 10.0 Å². The van der Waals surface area contributed by atoms with Gasteiger partial charge in [-0.15, -0.1) is 0 Å². The van der Waals surface area contributed by atoms with Crippen molar-refractivity contribution in [2.45, 2.75) is 19.3 Å². The largest absolute Gasteiger partial charge is 0.275 e. The lowest BCUT2D eigenvalue weighted by molar-refractivity contribution is -0.385. The Morgan fingerprint density at radius 1 is 1.53 bits per heavy atom. The van der Waals surface area contributed by atoms with Gasteiger partial charge in [-0.2, -0.15) is 5.26 Å². The first-order chi connectivity index (χ1) is 6.88. The van der Waals surface area contributed by atoms with Crippen LogP contribution >= 0.6 is 15.9 Å². The van der Waals surface area contributed by atoms with E-state index in [1.165, 1.54) is 6.07 Å². The second-order valence-electron chi connectivity index (χ2n) is 3.66. The predicted molar refractivity (Wildman–Crippen MR) is 59.4 cm³/mol. The van der Waals surface area contributed by atoms with Crippen molar-refractivity contribution in [3.05, 3.63) is 38.3 Å². The maximum Gasteiger partial charge on any atom is 0.275 e. The molecule has 0 atom stereocenters. The Morgan fingerprint density at radius 2 is 2.13 bits per heavy atom. The molecule has 1 aromatic carbocycles. The van der Waals surface area contributed by atoms with Gasteiger partial charge in [-0.3, -0.25) is 10.1 Å². The second kappa shape index (κ2) is 3.99. The summed E-state index contributed by atoms with van der Waals surface area (Å²) in [5.41, 5.74) is -0.461. The number of nitro groups is 1. The zero-order valence-electron chi connectivity index (χ0n) is 8.32. The van der Waals surface area contributed by atoms with E-state index >= 15 is 0 Å². The Hall–Kier alpha value is -1.41. The minimum Gasteiger partial charge on any atom is -0.258 e. The molecule has 4 nitrogen and oxygen atoms in total. The van der Waals surface area contributed by atoms with Crippen LogP contribution in [0.15, 0.2) is 22.7 Å². The Morgan fingerprint density at radius 3 is 2.60 bits per heavy atom. The molecule has 0 aromatic heterocycles. The summed E-state index contributed by atoms with van der Waals surface area (Å²) in [7, 11) is 0. The predicted octanol–water partition coefficient (Wildman–Crippen LogP) is 3.16. The first-order valence-electron chi connectivity index (χ1n) is 4.24. The zero-order valence-corrected chi connectivity index (χ0v) is 9.91. The third-order valence-electron chi connectivity index (χ3n) is 2.11. The molecule has 0 bridgehead atoms. The van der Waals surface area contributed by atoms with Crippen LogP contribution in [0.3, 0.4) is 0 Å². The molecule has 0 radical (unpaired) electrons. The van der Waals surface area contributed by atoms with Crippen molar-refractivity contribution in [2.24, 2.45) is 0 Å². The summed E-state index contributed by atoms with van der Waals surface area (Å²) in [4.78, 5) is 10.3. The molecule has 0 saturated carbocycles. The van der Waals surface area contributed by atoms with Gasteiger partial charge in [0.2, 0.25) is 0 Å². The van der Waals surface area contributed by atoms with E-state index in [1.54, 1.807) is 26.0 Å². The molecular weight excluding hydrogens is 260 g/mol. The molecule has 0 heterocycles. The van der Waals surface area contributed by atoms with Crippen LogP contribution in [0.4, 0.5) is 5.69 Å². The Labute approximate surface area is 95.8 Å². The summed E-state index contributed by atoms with van der Waals surface area (Å²) in [5.74, 6) is 0. The molecule has 5 heteroatoms. The fourth-order valence-corrected chi connectivity index (χ4v) is 1.59. The second-order valence-corrected chi connectivity index (χ2v) is 4.57. The van der Waals surface area contributed by atoms with Gasteiger partial charge in [0.05, 0.1) is 16.4 Å². The summed E-state index contributed by atoms with van der Waals surface area (Å²) < 4.78 is 0.631. The molecule has 0 N–H and O–H groups in total. The topological polar surface area (TPSA) is 66.9 Å². The van der Waals surface area contributed by atoms with Gasteiger partial charge in [0, 0.05) is 16.1 Å². The monoisotopic (exact) mass is 268 g/mol. The lowest BCUT2D eigenvalue weighted by Gasteiger charge is -2.15. The fraction of sp³-hybridized carbons (Fsp3) is 0.300. The number of benzene rings is 1. The number of rotatable bonds is 2. The molecule has 0 aliphatic carbocycles. The van der Waals surface area contributed by atoms with Gasteiger partial charge in [-0.25, -0.2) is 0 Å². The summed E-state index contributed by atoms with van der Waals surface area (Å²) in [5, 5.41) is 19.8. The normalized spacial score (nSPS) is 10.8. The van der Waals surface area contributed by atoms with Crippen molar-refractivity contribution < 1.29 is 4.92 Å². The molecule has 0 unspecified atom stereocenters. The van der Waals surface area contributed by atoms with E-state index in [0.717, 1.165) is 0 Å². The van der Waals surface area contributed by atoms with Crippen LogP contribution in [0.1, 0.15) is 19.4 Å². The SMILES string of the molecule is CC(C)(C#N)c1ccc(Br)cc1[N+](=O)[O-]. The molecule has 0 aliphatic rings. The number of hydrogen-bond acceptors (Lipinski definition) is 3. The summed E-state index contributed by atoms with van der Waals surface area (Å²) in [6.07, 6.45) is 0. The minimum atomic E-state index is -0.858. The highest BCUT2D eigenvalue weighted by Crippen LogP contribution is 2.32. The van der Waals surface area contributed by atoms with Crippen LogP contribution in [-0.4, -0.2) is 4.92 Å². The van der Waals surface area contributed by atoms with Gasteiger partial charge in [-0.1, -0.05) is 15.9 Å². The van der Waals surface area contributed by atoms with Gasteiger partial charge in [-0.05, 0) is 26.0 Å². The van der Waals surface area contributed by atoms with Crippen molar-refractivity contribution in [3.8, 4) is 6.07 Å². The molecule has 0 aliphatic heterocycles. The highest BCUT2D eigenvalue weighted by molar-refractivity contribution is 9.10. The lowest BCUT2D eigenvalue weighted by atomic mass is 9.85. The molecule has 15 heavy (non-hydrogen) atoms. The van der Waals surface area contributed by atoms with Crippen LogP contribution in [-0.2, 0) is 5.41 Å². The molecule has 0 saturated heterocycles. The molecule has 1 rings (SSSR count). The smallest absolute Gasteiger partial charge is 0.258 e. The fourth-order valence-electron chi connectivity index (χ4n) is 1.24. The van der Waals surface area contributed by atoms with E-state index < -0.39 is 10.3 Å². The number of halogens is 1. The average Bonchev–Trinajstić information content (AvgIpc) is 2.17. The first kappa shape index (κ1) is 11.7. The zero-order chi connectivity index (χ0) is 11.6. The van der Waals surface area contributed by atoms with Gasteiger partial charge in [0.15, 0.2) is 0 Å². The van der Waals surface area contributed by atoms with Crippen LogP contribution in [0, 0.1) is 21.4 Å². The van der Waals surface area contributed by atoms with Crippen molar-refractivity contribution in [1.82, 2.24) is 0 Å². The lowest BCUT2D eigenvalue weighted by Crippen LogP contribution is -2.16. The third-order valence-corrected chi connectivity index (χ3v) is 2.60. The minimum absolute atomic E-state index is 0.0316. The van der Waals surface area contributed by atoms with E-state index in [4.69, 9.17) is 5.26 Å². The van der Waals surface area contributed by atoms with Crippen LogP contribution in [0.5, 0.6) is 0 Å². The van der Waals surface area contributed by atoms with E-state index in [-0.39, 0.29) is 5.69 Å². The van der Waals surface area contributed by atoms with Crippen molar-refractivity contribution >= 4 is 21.6 Å². The summed E-state index contributed by atoms with van der Waals surface area (Å²) >= 11 is 3.17. The molecule has 1 aromatic rings. The van der Waals surface area contributed by atoms with Crippen LogP contribution in [0.2, 0.25) is 0 Å². The van der Waals surface area contributed by atoms with Gasteiger partial charge < -0.3 is 0 Å². The Bertz CT molecular complexity index is 449. The molecule has 0 amide bonds. The van der Waals surface area contributed by atoms with E-state index in [1.807, 2.05) is 0 Å². The standard InChI is InChI=1S/C10H9BrN2O2/c1-10(2,6-12)8-4-3-7(11)5-9(8)13(14)15/h3-5H,1-2H3. The number of hydrogen-bond donors (Lipinski definition) is 0.